The fourth-order valence-corrected chi connectivity index (χ4v) is 2.71. The first-order chi connectivity index (χ1) is 13.7. The Balaban J connectivity index is 1.83. The Bertz CT molecular complexity index is 1030. The normalized spacial score (nSPS) is 11.1. The van der Waals surface area contributed by atoms with Crippen LogP contribution in [0.15, 0.2) is 66.9 Å². The molecule has 1 aromatic heterocycles. The van der Waals surface area contributed by atoms with E-state index in [0.29, 0.717) is 16.8 Å². The van der Waals surface area contributed by atoms with Crippen molar-refractivity contribution in [1.29, 1.82) is 0 Å². The van der Waals surface area contributed by atoms with E-state index >= 15 is 0 Å². The fraction of sp³-hybridized carbons (Fsp3) is 0.0952. The van der Waals surface area contributed by atoms with Crippen LogP contribution >= 0.6 is 0 Å². The number of carboxylic acids is 1. The van der Waals surface area contributed by atoms with E-state index in [1.807, 2.05) is 0 Å². The number of anilines is 1. The molecule has 0 bridgehead atoms. The first kappa shape index (κ1) is 20.1. The minimum absolute atomic E-state index is 0.130. The van der Waals surface area contributed by atoms with E-state index in [2.05, 4.69) is 10.3 Å². The first-order valence-electron chi connectivity index (χ1n) is 8.49. The highest BCUT2D eigenvalue weighted by atomic mass is 19.4. The van der Waals surface area contributed by atoms with Crippen LogP contribution in [-0.4, -0.2) is 22.0 Å². The van der Waals surface area contributed by atoms with Gasteiger partial charge in [0.25, 0.3) is 5.91 Å². The van der Waals surface area contributed by atoms with Crippen LogP contribution in [0.3, 0.4) is 0 Å². The van der Waals surface area contributed by atoms with Gasteiger partial charge in [0.1, 0.15) is 0 Å². The summed E-state index contributed by atoms with van der Waals surface area (Å²) < 4.78 is 38.3. The van der Waals surface area contributed by atoms with Crippen molar-refractivity contribution in [2.24, 2.45) is 0 Å². The number of aromatic nitrogens is 1. The van der Waals surface area contributed by atoms with Crippen LogP contribution in [0.4, 0.5) is 18.9 Å². The Hall–Kier alpha value is -3.68. The highest BCUT2D eigenvalue weighted by molar-refractivity contribution is 6.08. The number of amides is 1. The SMILES string of the molecule is O=C(O)Cc1ccc(NC(=O)c2cccnc2-c2ccc(C(F)(F)F)cc2)cc1. The standard InChI is InChI=1S/C21H15F3N2O3/c22-21(23,24)15-7-5-14(6-8-15)19-17(2-1-11-25-19)20(29)26-16-9-3-13(4-10-16)12-18(27)28/h1-11H,12H2,(H,26,29)(H,27,28). The molecule has 2 aromatic carbocycles. The van der Waals surface area contributed by atoms with Crippen LogP contribution in [0.1, 0.15) is 21.5 Å². The van der Waals surface area contributed by atoms with E-state index < -0.39 is 23.6 Å². The van der Waals surface area contributed by atoms with Crippen molar-refractivity contribution in [3.8, 4) is 11.3 Å². The summed E-state index contributed by atoms with van der Waals surface area (Å²) in [7, 11) is 0. The Morgan fingerprint density at radius 3 is 2.21 bits per heavy atom. The van der Waals surface area contributed by atoms with Gasteiger partial charge < -0.3 is 10.4 Å². The van der Waals surface area contributed by atoms with Gasteiger partial charge >= 0.3 is 12.1 Å². The zero-order valence-electron chi connectivity index (χ0n) is 14.9. The number of aliphatic carboxylic acids is 1. The zero-order chi connectivity index (χ0) is 21.0. The van der Waals surface area contributed by atoms with E-state index in [4.69, 9.17) is 5.11 Å². The third-order valence-electron chi connectivity index (χ3n) is 4.11. The second kappa shape index (κ2) is 8.14. The van der Waals surface area contributed by atoms with Gasteiger partial charge in [0.15, 0.2) is 0 Å². The zero-order valence-corrected chi connectivity index (χ0v) is 14.9. The lowest BCUT2D eigenvalue weighted by atomic mass is 10.0. The lowest BCUT2D eigenvalue weighted by Gasteiger charge is -2.11. The molecule has 0 unspecified atom stereocenters. The number of alkyl halides is 3. The number of hydrogen-bond donors (Lipinski definition) is 2. The largest absolute Gasteiger partial charge is 0.481 e. The lowest BCUT2D eigenvalue weighted by Crippen LogP contribution is -2.14. The number of halogens is 3. The lowest BCUT2D eigenvalue weighted by molar-refractivity contribution is -0.138. The molecule has 3 aromatic rings. The minimum Gasteiger partial charge on any atom is -0.481 e. The second-order valence-electron chi connectivity index (χ2n) is 6.20. The van der Waals surface area contributed by atoms with Crippen LogP contribution in [0.5, 0.6) is 0 Å². The molecule has 2 N–H and O–H groups in total. The summed E-state index contributed by atoms with van der Waals surface area (Å²) in [4.78, 5) is 27.5. The van der Waals surface area contributed by atoms with Gasteiger partial charge in [0.05, 0.1) is 23.2 Å². The second-order valence-corrected chi connectivity index (χ2v) is 6.20. The third-order valence-corrected chi connectivity index (χ3v) is 4.11. The number of carboxylic acid groups (broad SMARTS) is 1. The molecular weight excluding hydrogens is 385 g/mol. The molecule has 0 spiro atoms. The van der Waals surface area contributed by atoms with Crippen molar-refractivity contribution < 1.29 is 27.9 Å². The fourth-order valence-electron chi connectivity index (χ4n) is 2.71. The molecule has 0 saturated carbocycles. The van der Waals surface area contributed by atoms with E-state index in [1.165, 1.54) is 24.4 Å². The molecule has 29 heavy (non-hydrogen) atoms. The van der Waals surface area contributed by atoms with Gasteiger partial charge in [-0.25, -0.2) is 0 Å². The summed E-state index contributed by atoms with van der Waals surface area (Å²) in [6.07, 6.45) is -3.13. The minimum atomic E-state index is -4.45. The Morgan fingerprint density at radius 1 is 0.966 bits per heavy atom. The summed E-state index contributed by atoms with van der Waals surface area (Å²) >= 11 is 0. The number of benzene rings is 2. The highest BCUT2D eigenvalue weighted by Crippen LogP contribution is 2.31. The monoisotopic (exact) mass is 400 g/mol. The van der Waals surface area contributed by atoms with Crippen molar-refractivity contribution in [2.45, 2.75) is 12.6 Å². The Labute approximate surface area is 163 Å². The maximum absolute atomic E-state index is 12.8. The predicted molar refractivity (Wildman–Crippen MR) is 100 cm³/mol. The number of nitrogens with one attached hydrogen (secondary N) is 1. The quantitative estimate of drug-likeness (QED) is 0.654. The van der Waals surface area contributed by atoms with Gasteiger partial charge in [-0.2, -0.15) is 13.2 Å². The molecule has 0 radical (unpaired) electrons. The van der Waals surface area contributed by atoms with Crippen molar-refractivity contribution >= 4 is 17.6 Å². The number of pyridine rings is 1. The molecule has 0 atom stereocenters. The average Bonchev–Trinajstić information content (AvgIpc) is 2.68. The summed E-state index contributed by atoms with van der Waals surface area (Å²) in [6, 6.07) is 13.8. The molecular formula is C21H15F3N2O3. The van der Waals surface area contributed by atoms with Crippen LogP contribution in [-0.2, 0) is 17.4 Å². The van der Waals surface area contributed by atoms with E-state index in [9.17, 15) is 22.8 Å². The first-order valence-corrected chi connectivity index (χ1v) is 8.49. The number of nitrogens with zero attached hydrogens (tertiary/aromatic N) is 1. The summed E-state index contributed by atoms with van der Waals surface area (Å²) in [5.74, 6) is -1.45. The van der Waals surface area contributed by atoms with Gasteiger partial charge in [-0.05, 0) is 42.0 Å². The van der Waals surface area contributed by atoms with Crippen molar-refractivity contribution in [3.63, 3.8) is 0 Å². The molecule has 3 rings (SSSR count). The Morgan fingerprint density at radius 2 is 1.62 bits per heavy atom. The van der Waals surface area contributed by atoms with Crippen LogP contribution < -0.4 is 5.32 Å². The summed E-state index contributed by atoms with van der Waals surface area (Å²) in [5.41, 5.74) is 1.07. The molecule has 1 amide bonds. The molecule has 0 saturated heterocycles. The molecule has 148 valence electrons. The van der Waals surface area contributed by atoms with Gasteiger partial charge in [-0.1, -0.05) is 24.3 Å². The Kier molecular flexibility index (Phi) is 5.63. The van der Waals surface area contributed by atoms with E-state index in [1.54, 1.807) is 30.3 Å². The third kappa shape index (κ3) is 4.98. The number of hydrogen-bond acceptors (Lipinski definition) is 3. The number of carbonyl (C=O) groups is 2. The van der Waals surface area contributed by atoms with Crippen LogP contribution in [0.2, 0.25) is 0 Å². The van der Waals surface area contributed by atoms with Crippen LogP contribution in [0, 0.1) is 0 Å². The molecule has 1 heterocycles. The maximum atomic E-state index is 12.8. The molecule has 0 fully saturated rings. The van der Waals surface area contributed by atoms with Crippen molar-refractivity contribution in [2.75, 3.05) is 5.32 Å². The van der Waals surface area contributed by atoms with Gasteiger partial charge in [0.2, 0.25) is 0 Å². The van der Waals surface area contributed by atoms with Gasteiger partial charge in [-0.3, -0.25) is 14.6 Å². The molecule has 8 heteroatoms. The molecule has 0 aliphatic heterocycles. The highest BCUT2D eigenvalue weighted by Gasteiger charge is 2.30. The van der Waals surface area contributed by atoms with E-state index in [0.717, 1.165) is 12.1 Å². The molecule has 0 aliphatic rings. The molecule has 0 aliphatic carbocycles. The summed E-state index contributed by atoms with van der Waals surface area (Å²) in [6.45, 7) is 0. The smallest absolute Gasteiger partial charge is 0.416 e. The number of carbonyl (C=O) groups excluding carboxylic acids is 1. The average molecular weight is 400 g/mol. The topological polar surface area (TPSA) is 79.3 Å². The molecule has 5 nitrogen and oxygen atoms in total. The summed E-state index contributed by atoms with van der Waals surface area (Å²) in [5, 5.41) is 11.5. The van der Waals surface area contributed by atoms with Gasteiger partial charge in [0, 0.05) is 17.4 Å². The number of rotatable bonds is 5. The maximum Gasteiger partial charge on any atom is 0.416 e. The van der Waals surface area contributed by atoms with Crippen molar-refractivity contribution in [3.05, 3.63) is 83.6 Å². The van der Waals surface area contributed by atoms with Crippen LogP contribution in [0.25, 0.3) is 11.3 Å². The van der Waals surface area contributed by atoms with Crippen molar-refractivity contribution in [1.82, 2.24) is 4.98 Å². The van der Waals surface area contributed by atoms with Gasteiger partial charge in [-0.15, -0.1) is 0 Å². The predicted octanol–water partition coefficient (Wildman–Crippen LogP) is 4.65. The van der Waals surface area contributed by atoms with E-state index in [-0.39, 0.29) is 17.7 Å².